The highest BCUT2D eigenvalue weighted by atomic mass is 16.2. The zero-order chi connectivity index (χ0) is 20.6. The third-order valence-corrected chi connectivity index (χ3v) is 4.85. The molecule has 8 heteroatoms. The van der Waals surface area contributed by atoms with Gasteiger partial charge in [-0.2, -0.15) is 5.10 Å². The van der Waals surface area contributed by atoms with Crippen LogP contribution in [0.25, 0.3) is 5.69 Å². The Morgan fingerprint density at radius 3 is 2.52 bits per heavy atom. The molecular weight excluding hydrogens is 370 g/mol. The number of hydrogen-bond acceptors (Lipinski definition) is 4. The first-order valence-electron chi connectivity index (χ1n) is 9.02. The quantitative estimate of drug-likeness (QED) is 0.596. The van der Waals surface area contributed by atoms with E-state index in [2.05, 4.69) is 21.0 Å². The van der Waals surface area contributed by atoms with Crippen LogP contribution in [0.15, 0.2) is 60.9 Å². The van der Waals surface area contributed by atoms with Gasteiger partial charge >= 0.3 is 6.03 Å². The van der Waals surface area contributed by atoms with Crippen LogP contribution in [0.1, 0.15) is 28.4 Å². The number of carbonyl (C=O) groups is 3. The monoisotopic (exact) mass is 389 g/mol. The van der Waals surface area contributed by atoms with E-state index in [4.69, 9.17) is 0 Å². The molecule has 3 N–H and O–H groups in total. The normalized spacial score (nSPS) is 18.3. The summed E-state index contributed by atoms with van der Waals surface area (Å²) in [5, 5.41) is 11.9. The molecule has 2 aromatic carbocycles. The summed E-state index contributed by atoms with van der Waals surface area (Å²) in [4.78, 5) is 36.2. The maximum Gasteiger partial charge on any atom is 0.322 e. The molecule has 146 valence electrons. The number of nitrogens with one attached hydrogen (secondary N) is 3. The molecule has 1 aliphatic rings. The van der Waals surface area contributed by atoms with Crippen LogP contribution >= 0.6 is 0 Å². The fourth-order valence-electron chi connectivity index (χ4n) is 3.18. The van der Waals surface area contributed by atoms with Crippen molar-refractivity contribution < 1.29 is 14.4 Å². The van der Waals surface area contributed by atoms with Crippen molar-refractivity contribution in [1.29, 1.82) is 0 Å². The van der Waals surface area contributed by atoms with Crippen LogP contribution in [0.4, 0.5) is 10.5 Å². The fraction of sp³-hybridized carbons (Fsp3) is 0.143. The van der Waals surface area contributed by atoms with E-state index < -0.39 is 17.5 Å². The predicted octanol–water partition coefficient (Wildman–Crippen LogP) is 2.49. The number of nitrogens with zero attached hydrogens (tertiary/aromatic N) is 2. The van der Waals surface area contributed by atoms with Gasteiger partial charge < -0.3 is 10.6 Å². The first kappa shape index (κ1) is 18.4. The SMILES string of the molecule is Cc1cnn(-c2ccc(C(=O)Nc3cccc(C4(C)NC(=O)NC4=O)c3)cc2)c1. The maximum absolute atomic E-state index is 12.6. The third kappa shape index (κ3) is 3.47. The first-order chi connectivity index (χ1) is 13.8. The van der Waals surface area contributed by atoms with Crippen molar-refractivity contribution in [3.8, 4) is 5.69 Å². The van der Waals surface area contributed by atoms with Crippen LogP contribution in [-0.4, -0.2) is 27.6 Å². The van der Waals surface area contributed by atoms with Gasteiger partial charge in [-0.05, 0) is 61.4 Å². The molecule has 1 fully saturated rings. The smallest absolute Gasteiger partial charge is 0.322 e. The topological polar surface area (TPSA) is 105 Å². The lowest BCUT2D eigenvalue weighted by molar-refractivity contribution is -0.123. The van der Waals surface area contributed by atoms with Crippen LogP contribution in [0.5, 0.6) is 0 Å². The molecule has 0 bridgehead atoms. The van der Waals surface area contributed by atoms with E-state index >= 15 is 0 Å². The number of rotatable bonds is 4. The maximum atomic E-state index is 12.6. The number of aromatic nitrogens is 2. The highest BCUT2D eigenvalue weighted by Crippen LogP contribution is 2.26. The van der Waals surface area contributed by atoms with Gasteiger partial charge in [-0.3, -0.25) is 14.9 Å². The van der Waals surface area contributed by atoms with Crippen LogP contribution in [0.2, 0.25) is 0 Å². The Labute approximate surface area is 166 Å². The van der Waals surface area contributed by atoms with Crippen molar-refractivity contribution >= 4 is 23.5 Å². The van der Waals surface area contributed by atoms with Crippen molar-refractivity contribution in [3.63, 3.8) is 0 Å². The second kappa shape index (κ2) is 6.90. The molecule has 4 amide bonds. The Morgan fingerprint density at radius 1 is 1.14 bits per heavy atom. The summed E-state index contributed by atoms with van der Waals surface area (Å²) in [5.41, 5.74) is 2.31. The van der Waals surface area contributed by atoms with Gasteiger partial charge in [-0.25, -0.2) is 9.48 Å². The molecule has 1 atom stereocenters. The summed E-state index contributed by atoms with van der Waals surface area (Å²) in [6.45, 7) is 3.57. The largest absolute Gasteiger partial charge is 0.322 e. The van der Waals surface area contributed by atoms with Crippen LogP contribution in [-0.2, 0) is 10.3 Å². The van der Waals surface area contributed by atoms with Crippen LogP contribution in [0.3, 0.4) is 0 Å². The first-order valence-corrected chi connectivity index (χ1v) is 9.02. The standard InChI is InChI=1S/C21H19N5O3/c1-13-11-22-26(12-13)17-8-6-14(7-9-17)18(27)23-16-5-3-4-15(10-16)21(2)19(28)24-20(29)25-21/h3-12H,1-2H3,(H,23,27)(H2,24,25,28,29). The van der Waals surface area contributed by atoms with Gasteiger partial charge in [-0.15, -0.1) is 0 Å². The zero-order valence-corrected chi connectivity index (χ0v) is 15.9. The van der Waals surface area contributed by atoms with Crippen molar-refractivity contribution in [2.75, 3.05) is 5.32 Å². The molecule has 29 heavy (non-hydrogen) atoms. The molecular formula is C21H19N5O3. The van der Waals surface area contributed by atoms with Crippen LogP contribution in [0, 0.1) is 6.92 Å². The Balaban J connectivity index is 1.52. The number of anilines is 1. The lowest BCUT2D eigenvalue weighted by Gasteiger charge is -2.21. The second-order valence-corrected chi connectivity index (χ2v) is 7.08. The van der Waals surface area contributed by atoms with Crippen molar-refractivity contribution in [2.24, 2.45) is 0 Å². The van der Waals surface area contributed by atoms with E-state index in [9.17, 15) is 14.4 Å². The van der Waals surface area contributed by atoms with E-state index in [0.717, 1.165) is 11.3 Å². The number of amides is 4. The number of hydrogen-bond donors (Lipinski definition) is 3. The number of urea groups is 1. The highest BCUT2D eigenvalue weighted by Gasteiger charge is 2.43. The Hall–Kier alpha value is -3.94. The summed E-state index contributed by atoms with van der Waals surface area (Å²) in [6, 6.07) is 13.4. The van der Waals surface area contributed by atoms with Gasteiger partial charge in [0.25, 0.3) is 11.8 Å². The Bertz CT molecular complexity index is 1120. The van der Waals surface area contributed by atoms with Gasteiger partial charge in [0.05, 0.1) is 11.9 Å². The molecule has 1 unspecified atom stereocenters. The minimum Gasteiger partial charge on any atom is -0.322 e. The summed E-state index contributed by atoms with van der Waals surface area (Å²) >= 11 is 0. The predicted molar refractivity (Wildman–Crippen MR) is 107 cm³/mol. The summed E-state index contributed by atoms with van der Waals surface area (Å²) < 4.78 is 1.74. The molecule has 0 spiro atoms. The van der Waals surface area contributed by atoms with E-state index in [-0.39, 0.29) is 5.91 Å². The number of imide groups is 1. The zero-order valence-electron chi connectivity index (χ0n) is 15.9. The second-order valence-electron chi connectivity index (χ2n) is 7.08. The van der Waals surface area contributed by atoms with Gasteiger partial charge in [-0.1, -0.05) is 12.1 Å². The van der Waals surface area contributed by atoms with Crippen molar-refractivity contribution in [1.82, 2.24) is 20.4 Å². The molecule has 1 aromatic heterocycles. The molecule has 0 saturated carbocycles. The van der Waals surface area contributed by atoms with E-state index in [1.165, 1.54) is 0 Å². The van der Waals surface area contributed by atoms with E-state index in [1.807, 2.05) is 25.3 Å². The molecule has 3 aromatic rings. The molecule has 0 aliphatic carbocycles. The molecule has 4 rings (SSSR count). The molecule has 0 radical (unpaired) electrons. The number of aryl methyl sites for hydroxylation is 1. The summed E-state index contributed by atoms with van der Waals surface area (Å²) in [7, 11) is 0. The molecule has 1 aliphatic heterocycles. The average molecular weight is 389 g/mol. The van der Waals surface area contributed by atoms with Crippen LogP contribution < -0.4 is 16.0 Å². The van der Waals surface area contributed by atoms with Gasteiger partial charge in [0.1, 0.15) is 5.54 Å². The minimum absolute atomic E-state index is 0.282. The highest BCUT2D eigenvalue weighted by molar-refractivity contribution is 6.07. The third-order valence-electron chi connectivity index (χ3n) is 4.85. The number of carbonyl (C=O) groups excluding carboxylic acids is 3. The molecule has 8 nitrogen and oxygen atoms in total. The lowest BCUT2D eigenvalue weighted by atomic mass is 9.92. The Morgan fingerprint density at radius 2 is 1.90 bits per heavy atom. The van der Waals surface area contributed by atoms with E-state index in [1.54, 1.807) is 54.2 Å². The fourth-order valence-corrected chi connectivity index (χ4v) is 3.18. The van der Waals surface area contributed by atoms with Gasteiger partial charge in [0.15, 0.2) is 0 Å². The van der Waals surface area contributed by atoms with Crippen molar-refractivity contribution in [3.05, 3.63) is 77.6 Å². The summed E-state index contributed by atoms with van der Waals surface area (Å²) in [5.74, 6) is -0.717. The summed E-state index contributed by atoms with van der Waals surface area (Å²) in [6.07, 6.45) is 3.67. The van der Waals surface area contributed by atoms with Crippen molar-refractivity contribution in [2.45, 2.75) is 19.4 Å². The Kier molecular flexibility index (Phi) is 4.38. The van der Waals surface area contributed by atoms with Gasteiger partial charge in [0, 0.05) is 17.4 Å². The van der Waals surface area contributed by atoms with Gasteiger partial charge in [0.2, 0.25) is 0 Å². The number of benzene rings is 2. The molecule has 1 saturated heterocycles. The minimum atomic E-state index is -1.18. The molecule has 2 heterocycles. The average Bonchev–Trinajstić information content (AvgIpc) is 3.25. The lowest BCUT2D eigenvalue weighted by Crippen LogP contribution is -2.40. The van der Waals surface area contributed by atoms with E-state index in [0.29, 0.717) is 16.8 Å².